The quantitative estimate of drug-likeness (QED) is 0.573. The zero-order valence-corrected chi connectivity index (χ0v) is 11.5. The van der Waals surface area contributed by atoms with Gasteiger partial charge < -0.3 is 4.74 Å². The Morgan fingerprint density at radius 1 is 1.05 bits per heavy atom. The summed E-state index contributed by atoms with van der Waals surface area (Å²) in [4.78, 5) is 42.9. The summed E-state index contributed by atoms with van der Waals surface area (Å²) in [5.41, 5.74) is 0. The highest BCUT2D eigenvalue weighted by Gasteiger charge is 1.91. The predicted octanol–water partition coefficient (Wildman–Crippen LogP) is 1.93. The van der Waals surface area contributed by atoms with Crippen LogP contribution >= 0.6 is 0 Å². The van der Waals surface area contributed by atoms with E-state index in [1.807, 2.05) is 25.2 Å². The van der Waals surface area contributed by atoms with E-state index in [0.717, 1.165) is 12.8 Å². The average molecular weight is 272 g/mol. The maximum absolute atomic E-state index is 10.4. The normalized spacial score (nSPS) is 6.89. The first kappa shape index (κ1) is 25.5. The van der Waals surface area contributed by atoms with Crippen molar-refractivity contribution in [3.63, 3.8) is 0 Å². The molecule has 0 N–H and O–H groups in total. The van der Waals surface area contributed by atoms with Crippen molar-refractivity contribution in [1.82, 2.24) is 0 Å². The van der Waals surface area contributed by atoms with E-state index in [1.54, 1.807) is 0 Å². The largest absolute Gasteiger partial charge is 0.469 e. The predicted molar refractivity (Wildman–Crippen MR) is 66.6 cm³/mol. The third-order valence-electron chi connectivity index (χ3n) is 1.20. The van der Waals surface area contributed by atoms with Gasteiger partial charge in [0.25, 0.3) is 0 Å². The SMILES string of the molecule is C=CCC.CC/C=C/CC(=O)OC.O=C=O.O=C=O. The van der Waals surface area contributed by atoms with Gasteiger partial charge in [-0.05, 0) is 12.8 Å². The maximum Gasteiger partial charge on any atom is 0.373 e. The Kier molecular flexibility index (Phi) is 48.4. The van der Waals surface area contributed by atoms with Crippen LogP contribution in [0.3, 0.4) is 0 Å². The lowest BCUT2D eigenvalue weighted by molar-refractivity contribution is -0.193. The van der Waals surface area contributed by atoms with Gasteiger partial charge in [0.2, 0.25) is 0 Å². The van der Waals surface area contributed by atoms with Crippen molar-refractivity contribution in [2.24, 2.45) is 0 Å². The van der Waals surface area contributed by atoms with Crippen molar-refractivity contribution >= 4 is 18.3 Å². The summed E-state index contributed by atoms with van der Waals surface area (Å²) in [7, 11) is 1.39. The fourth-order valence-corrected chi connectivity index (χ4v) is 0.430. The summed E-state index contributed by atoms with van der Waals surface area (Å²) < 4.78 is 4.41. The molecule has 0 aromatic heterocycles. The number of ether oxygens (including phenoxy) is 1. The molecule has 108 valence electrons. The van der Waals surface area contributed by atoms with Gasteiger partial charge >= 0.3 is 18.3 Å². The molecule has 19 heavy (non-hydrogen) atoms. The Balaban J connectivity index is -0.0000000937. The Morgan fingerprint density at radius 2 is 1.42 bits per heavy atom. The van der Waals surface area contributed by atoms with Crippen LogP contribution in [0, 0.1) is 0 Å². The first-order valence-electron chi connectivity index (χ1n) is 5.37. The number of esters is 1. The van der Waals surface area contributed by atoms with Crippen molar-refractivity contribution in [1.29, 1.82) is 0 Å². The van der Waals surface area contributed by atoms with E-state index in [0.29, 0.717) is 6.42 Å². The Morgan fingerprint density at radius 3 is 1.63 bits per heavy atom. The first-order chi connectivity index (χ1) is 9.05. The molecular formula is C13H20O6. The highest BCUT2D eigenvalue weighted by Crippen LogP contribution is 1.87. The van der Waals surface area contributed by atoms with E-state index < -0.39 is 0 Å². The fourth-order valence-electron chi connectivity index (χ4n) is 0.430. The number of hydrogen-bond donors (Lipinski definition) is 0. The van der Waals surface area contributed by atoms with E-state index in [1.165, 1.54) is 7.11 Å². The third-order valence-corrected chi connectivity index (χ3v) is 1.20. The third kappa shape index (κ3) is 90.6. The van der Waals surface area contributed by atoms with Crippen LogP contribution in [0.1, 0.15) is 33.1 Å². The van der Waals surface area contributed by atoms with Gasteiger partial charge in [0.15, 0.2) is 0 Å². The molecule has 0 aromatic carbocycles. The van der Waals surface area contributed by atoms with Crippen LogP contribution in [0.5, 0.6) is 0 Å². The van der Waals surface area contributed by atoms with E-state index in [-0.39, 0.29) is 18.3 Å². The fraction of sp³-hybridized carbons (Fsp3) is 0.462. The molecule has 0 heterocycles. The second kappa shape index (κ2) is 36.1. The summed E-state index contributed by atoms with van der Waals surface area (Å²) in [6, 6.07) is 0. The Labute approximate surface area is 113 Å². The summed E-state index contributed by atoms with van der Waals surface area (Å²) in [5, 5.41) is 0. The second-order valence-corrected chi connectivity index (χ2v) is 2.52. The van der Waals surface area contributed by atoms with Crippen LogP contribution in [0.2, 0.25) is 0 Å². The van der Waals surface area contributed by atoms with Crippen molar-refractivity contribution < 1.29 is 28.7 Å². The summed E-state index contributed by atoms with van der Waals surface area (Å²) in [5.74, 6) is -0.181. The van der Waals surface area contributed by atoms with Gasteiger partial charge in [0.05, 0.1) is 13.5 Å². The van der Waals surface area contributed by atoms with Crippen LogP contribution in [0.4, 0.5) is 0 Å². The lowest BCUT2D eigenvalue weighted by atomic mass is 10.3. The molecule has 0 aliphatic carbocycles. The molecule has 0 aromatic rings. The molecular weight excluding hydrogens is 252 g/mol. The van der Waals surface area contributed by atoms with Gasteiger partial charge in [-0.25, -0.2) is 0 Å². The van der Waals surface area contributed by atoms with Crippen LogP contribution < -0.4 is 0 Å². The van der Waals surface area contributed by atoms with Crippen molar-refractivity contribution in [2.75, 3.05) is 7.11 Å². The molecule has 0 amide bonds. The molecule has 0 atom stereocenters. The molecule has 0 saturated carbocycles. The molecule has 0 aliphatic rings. The zero-order chi connectivity index (χ0) is 15.9. The number of methoxy groups -OCH3 is 1. The van der Waals surface area contributed by atoms with Gasteiger partial charge in [-0.2, -0.15) is 19.2 Å². The molecule has 0 unspecified atom stereocenters. The minimum absolute atomic E-state index is 0.181. The molecule has 0 aliphatic heterocycles. The van der Waals surface area contributed by atoms with Crippen molar-refractivity contribution in [3.8, 4) is 0 Å². The van der Waals surface area contributed by atoms with Gasteiger partial charge in [-0.1, -0.05) is 32.1 Å². The van der Waals surface area contributed by atoms with Crippen LogP contribution in [0.25, 0.3) is 0 Å². The monoisotopic (exact) mass is 272 g/mol. The number of carbonyl (C=O) groups is 1. The number of carbonyl (C=O) groups excluding carboxylic acids is 5. The maximum atomic E-state index is 10.4. The van der Waals surface area contributed by atoms with Crippen molar-refractivity contribution in [2.45, 2.75) is 33.1 Å². The number of hydrogen-bond acceptors (Lipinski definition) is 6. The van der Waals surface area contributed by atoms with E-state index in [9.17, 15) is 4.79 Å². The van der Waals surface area contributed by atoms with Crippen LogP contribution in [-0.2, 0) is 28.7 Å². The topological polar surface area (TPSA) is 94.6 Å². The summed E-state index contributed by atoms with van der Waals surface area (Å²) in [6.07, 6.45) is 8.57. The Hall–Kier alpha value is -2.29. The number of allylic oxidation sites excluding steroid dienone is 2. The van der Waals surface area contributed by atoms with E-state index >= 15 is 0 Å². The standard InChI is InChI=1S/C7H12O2.C4H8.2CO2/c1-3-4-5-6-7(8)9-2;1-3-4-2;2*2-1-3/h4-5H,3,6H2,1-2H3;3H,1,4H2,2H3;;/b5-4+;;;. The minimum atomic E-state index is -0.181. The molecule has 0 spiro atoms. The van der Waals surface area contributed by atoms with Crippen molar-refractivity contribution in [3.05, 3.63) is 24.8 Å². The highest BCUT2D eigenvalue weighted by molar-refractivity contribution is 5.70. The first-order valence-corrected chi connectivity index (χ1v) is 5.37. The van der Waals surface area contributed by atoms with Crippen LogP contribution in [-0.4, -0.2) is 25.4 Å². The molecule has 6 nitrogen and oxygen atoms in total. The second-order valence-electron chi connectivity index (χ2n) is 2.52. The lowest BCUT2D eigenvalue weighted by Crippen LogP contribution is -1.96. The Bertz CT molecular complexity index is 270. The van der Waals surface area contributed by atoms with E-state index in [4.69, 9.17) is 19.2 Å². The van der Waals surface area contributed by atoms with Gasteiger partial charge in [-0.15, -0.1) is 6.58 Å². The smallest absolute Gasteiger partial charge is 0.373 e. The summed E-state index contributed by atoms with van der Waals surface area (Å²) in [6.45, 7) is 7.56. The minimum Gasteiger partial charge on any atom is -0.469 e. The molecule has 0 rings (SSSR count). The van der Waals surface area contributed by atoms with Gasteiger partial charge in [-0.3, -0.25) is 4.79 Å². The highest BCUT2D eigenvalue weighted by atomic mass is 16.5. The van der Waals surface area contributed by atoms with Crippen LogP contribution in [0.15, 0.2) is 24.8 Å². The average Bonchev–Trinajstić information content (AvgIpc) is 2.41. The summed E-state index contributed by atoms with van der Waals surface area (Å²) >= 11 is 0. The molecule has 0 bridgehead atoms. The molecule has 0 saturated heterocycles. The molecule has 0 fully saturated rings. The van der Waals surface area contributed by atoms with E-state index in [2.05, 4.69) is 18.2 Å². The molecule has 0 radical (unpaired) electrons. The molecule has 6 heteroatoms. The number of rotatable bonds is 4. The zero-order valence-electron chi connectivity index (χ0n) is 11.5. The van der Waals surface area contributed by atoms with Gasteiger partial charge in [0.1, 0.15) is 0 Å². The van der Waals surface area contributed by atoms with Gasteiger partial charge in [0, 0.05) is 0 Å². The lowest BCUT2D eigenvalue weighted by Gasteiger charge is -1.90.